The predicted molar refractivity (Wildman–Crippen MR) is 147 cm³/mol. The summed E-state index contributed by atoms with van der Waals surface area (Å²) in [5, 5.41) is 6.83. The third-order valence-corrected chi connectivity index (χ3v) is 7.64. The number of nitrogens with zero attached hydrogens (tertiary/aromatic N) is 4. The number of thiazole rings is 1. The number of aromatic nitrogens is 3. The zero-order valence-corrected chi connectivity index (χ0v) is 20.6. The van der Waals surface area contributed by atoms with Crippen molar-refractivity contribution in [3.8, 4) is 16.9 Å². The van der Waals surface area contributed by atoms with Gasteiger partial charge >= 0.3 is 0 Å². The van der Waals surface area contributed by atoms with E-state index < -0.39 is 0 Å². The molecule has 9 heteroatoms. The van der Waals surface area contributed by atoms with E-state index in [9.17, 15) is 4.79 Å². The number of fused-ring (bicyclic) bond motifs is 1. The SMILES string of the molecule is O=C1/C(=C/c2cn(-c3ccccc3)nc2-c2ccccc2)SC(=S)N1Nc1nc2ccccc2s1. The number of anilines is 1. The fraction of sp³-hybridized carbons (Fsp3) is 0. The first-order chi connectivity index (χ1) is 17.2. The molecule has 2 aromatic heterocycles. The van der Waals surface area contributed by atoms with Gasteiger partial charge in [-0.2, -0.15) is 10.1 Å². The number of carbonyl (C=O) groups excluding carboxylic acids is 1. The van der Waals surface area contributed by atoms with Crippen molar-refractivity contribution in [1.82, 2.24) is 19.8 Å². The number of amides is 1. The summed E-state index contributed by atoms with van der Waals surface area (Å²) in [6.07, 6.45) is 3.79. The maximum atomic E-state index is 13.3. The van der Waals surface area contributed by atoms with Gasteiger partial charge in [0.25, 0.3) is 5.91 Å². The Bertz CT molecular complexity index is 1560. The minimum atomic E-state index is -0.217. The van der Waals surface area contributed by atoms with Crippen molar-refractivity contribution in [2.75, 3.05) is 5.43 Å². The maximum absolute atomic E-state index is 13.3. The first-order valence-corrected chi connectivity index (χ1v) is 12.8. The summed E-state index contributed by atoms with van der Waals surface area (Å²) in [4.78, 5) is 18.4. The van der Waals surface area contributed by atoms with Gasteiger partial charge in [0.05, 0.1) is 26.5 Å². The summed E-state index contributed by atoms with van der Waals surface area (Å²) in [6.45, 7) is 0. The molecule has 0 radical (unpaired) electrons. The molecule has 6 rings (SSSR count). The number of thioether (sulfide) groups is 1. The Morgan fingerprint density at radius 2 is 1.63 bits per heavy atom. The monoisotopic (exact) mass is 511 g/mol. The molecule has 1 saturated heterocycles. The lowest BCUT2D eigenvalue weighted by Gasteiger charge is -2.14. The van der Waals surface area contributed by atoms with Gasteiger partial charge in [-0.05, 0) is 42.6 Å². The Balaban J connectivity index is 1.35. The quantitative estimate of drug-likeness (QED) is 0.218. The second-order valence-electron chi connectivity index (χ2n) is 7.69. The predicted octanol–water partition coefficient (Wildman–Crippen LogP) is 6.38. The van der Waals surface area contributed by atoms with Crippen LogP contribution in [0.5, 0.6) is 0 Å². The van der Waals surface area contributed by atoms with E-state index >= 15 is 0 Å². The number of hydrazine groups is 1. The summed E-state index contributed by atoms with van der Waals surface area (Å²) in [6, 6.07) is 27.7. The molecule has 5 aromatic rings. The normalized spacial score (nSPS) is 14.9. The molecule has 3 heterocycles. The molecule has 0 unspecified atom stereocenters. The molecule has 1 N–H and O–H groups in total. The summed E-state index contributed by atoms with van der Waals surface area (Å²) < 4.78 is 3.29. The molecule has 1 fully saturated rings. The fourth-order valence-corrected chi connectivity index (χ4v) is 5.77. The van der Waals surface area contributed by atoms with Crippen molar-refractivity contribution in [2.45, 2.75) is 0 Å². The molecule has 1 aliphatic heterocycles. The van der Waals surface area contributed by atoms with Crippen LogP contribution in [-0.2, 0) is 4.79 Å². The van der Waals surface area contributed by atoms with Crippen LogP contribution in [-0.4, -0.2) is 30.0 Å². The molecule has 3 aromatic carbocycles. The molecular formula is C26H17N5OS3. The minimum Gasteiger partial charge on any atom is -0.266 e. The number of nitrogens with one attached hydrogen (secondary N) is 1. The molecule has 0 atom stereocenters. The lowest BCUT2D eigenvalue weighted by atomic mass is 10.1. The highest BCUT2D eigenvalue weighted by Gasteiger charge is 2.33. The van der Waals surface area contributed by atoms with Crippen LogP contribution < -0.4 is 5.43 Å². The standard InChI is InChI=1S/C26H17N5OS3/c32-24-22(35-26(33)31(24)29-25-27-20-13-7-8-14-21(20)34-25)15-18-16-30(19-11-5-2-6-12-19)28-23(18)17-9-3-1-4-10-17/h1-16H,(H,27,29)/b22-15-. The topological polar surface area (TPSA) is 63.1 Å². The van der Waals surface area contributed by atoms with Gasteiger partial charge in [0, 0.05) is 17.3 Å². The van der Waals surface area contributed by atoms with Crippen molar-refractivity contribution in [1.29, 1.82) is 0 Å². The highest BCUT2D eigenvalue weighted by molar-refractivity contribution is 8.26. The first kappa shape index (κ1) is 21.7. The smallest absolute Gasteiger partial charge is 0.266 e. The average molecular weight is 512 g/mol. The molecule has 6 nitrogen and oxygen atoms in total. The van der Waals surface area contributed by atoms with Crippen molar-refractivity contribution in [2.24, 2.45) is 0 Å². The van der Waals surface area contributed by atoms with Gasteiger partial charge in [0.1, 0.15) is 0 Å². The second-order valence-corrected chi connectivity index (χ2v) is 10.4. The summed E-state index contributed by atoms with van der Waals surface area (Å²) in [7, 11) is 0. The number of hydrogen-bond acceptors (Lipinski definition) is 7. The Morgan fingerprint density at radius 3 is 2.40 bits per heavy atom. The van der Waals surface area contributed by atoms with Gasteiger partial charge in [0.15, 0.2) is 4.32 Å². The van der Waals surface area contributed by atoms with Crippen LogP contribution in [0.1, 0.15) is 5.56 Å². The third-order valence-electron chi connectivity index (χ3n) is 5.39. The number of benzene rings is 3. The Morgan fingerprint density at radius 1 is 0.914 bits per heavy atom. The molecular weight excluding hydrogens is 495 g/mol. The van der Waals surface area contributed by atoms with Gasteiger partial charge in [-0.1, -0.05) is 83.8 Å². The van der Waals surface area contributed by atoms with Crippen molar-refractivity contribution in [3.63, 3.8) is 0 Å². The highest BCUT2D eigenvalue weighted by atomic mass is 32.2. The van der Waals surface area contributed by atoms with E-state index in [-0.39, 0.29) is 5.91 Å². The Hall–Kier alpha value is -3.79. The molecule has 0 spiro atoms. The average Bonchev–Trinajstić information content (AvgIpc) is 3.57. The largest absolute Gasteiger partial charge is 0.285 e. The van der Waals surface area contributed by atoms with Gasteiger partial charge in [0.2, 0.25) is 5.13 Å². The molecule has 1 aliphatic rings. The number of thiocarbonyl (C=S) groups is 1. The Labute approximate surface area is 214 Å². The molecule has 0 saturated carbocycles. The fourth-order valence-electron chi connectivity index (χ4n) is 3.75. The maximum Gasteiger partial charge on any atom is 0.285 e. The number of hydrogen-bond donors (Lipinski definition) is 1. The van der Waals surface area contributed by atoms with Crippen molar-refractivity contribution < 1.29 is 4.79 Å². The van der Waals surface area contributed by atoms with Gasteiger partial charge in [-0.15, -0.1) is 0 Å². The number of para-hydroxylation sites is 2. The van der Waals surface area contributed by atoms with E-state index in [2.05, 4.69) is 10.4 Å². The number of rotatable bonds is 5. The van der Waals surface area contributed by atoms with Crippen LogP contribution in [0.4, 0.5) is 5.13 Å². The third kappa shape index (κ3) is 4.25. The van der Waals surface area contributed by atoms with Crippen LogP contribution in [0.3, 0.4) is 0 Å². The lowest BCUT2D eigenvalue weighted by molar-refractivity contribution is -0.121. The van der Waals surface area contributed by atoms with E-state index in [1.807, 2.05) is 102 Å². The van der Waals surface area contributed by atoms with Gasteiger partial charge in [-0.3, -0.25) is 10.2 Å². The van der Waals surface area contributed by atoms with Gasteiger partial charge in [-0.25, -0.2) is 9.67 Å². The number of carbonyl (C=O) groups is 1. The summed E-state index contributed by atoms with van der Waals surface area (Å²) in [5.41, 5.74) is 7.50. The van der Waals surface area contributed by atoms with Gasteiger partial charge < -0.3 is 0 Å². The van der Waals surface area contributed by atoms with Crippen molar-refractivity contribution in [3.05, 3.63) is 102 Å². The van der Waals surface area contributed by atoms with Crippen LogP contribution in [0.25, 0.3) is 33.2 Å². The van der Waals surface area contributed by atoms with E-state index in [0.717, 1.165) is 32.7 Å². The van der Waals surface area contributed by atoms with Crippen LogP contribution in [0.2, 0.25) is 0 Å². The zero-order chi connectivity index (χ0) is 23.8. The summed E-state index contributed by atoms with van der Waals surface area (Å²) in [5.74, 6) is -0.217. The van der Waals surface area contributed by atoms with Crippen LogP contribution in [0, 0.1) is 0 Å². The molecule has 0 aliphatic carbocycles. The lowest BCUT2D eigenvalue weighted by Crippen LogP contribution is -2.33. The second kappa shape index (κ2) is 9.10. The van der Waals surface area contributed by atoms with E-state index in [1.165, 1.54) is 28.1 Å². The summed E-state index contributed by atoms with van der Waals surface area (Å²) >= 11 is 8.25. The molecule has 1 amide bonds. The minimum absolute atomic E-state index is 0.217. The molecule has 0 bridgehead atoms. The Kier molecular flexibility index (Phi) is 5.65. The van der Waals surface area contributed by atoms with Crippen LogP contribution in [0.15, 0.2) is 96.0 Å². The van der Waals surface area contributed by atoms with Crippen molar-refractivity contribution >= 4 is 67.0 Å². The zero-order valence-electron chi connectivity index (χ0n) is 18.2. The highest BCUT2D eigenvalue weighted by Crippen LogP contribution is 2.36. The molecule has 170 valence electrons. The van der Waals surface area contributed by atoms with Crippen LogP contribution >= 0.6 is 35.3 Å². The van der Waals surface area contributed by atoms with E-state index in [0.29, 0.717) is 14.4 Å². The molecule has 35 heavy (non-hydrogen) atoms. The van der Waals surface area contributed by atoms with E-state index in [4.69, 9.17) is 17.3 Å². The van der Waals surface area contributed by atoms with E-state index in [1.54, 1.807) is 0 Å². The first-order valence-electron chi connectivity index (χ1n) is 10.8.